The van der Waals surface area contributed by atoms with Gasteiger partial charge in [-0.1, -0.05) is 56.5 Å². The molecule has 1 atom stereocenters. The molecule has 0 aliphatic carbocycles. The maximum absolute atomic E-state index is 10.8. The minimum Gasteiger partial charge on any atom is -0.303 e. The van der Waals surface area contributed by atoms with Gasteiger partial charge in [0.1, 0.15) is 6.29 Å². The third-order valence-electron chi connectivity index (χ3n) is 3.47. The minimum absolute atomic E-state index is 0.396. The first kappa shape index (κ1) is 13.0. The molecule has 88 valence electrons. The van der Waals surface area contributed by atoms with Crippen LogP contribution in [0.3, 0.4) is 0 Å². The Morgan fingerprint density at radius 2 is 1.69 bits per heavy atom. The zero-order valence-corrected chi connectivity index (χ0v) is 10.6. The van der Waals surface area contributed by atoms with Crippen molar-refractivity contribution in [1.29, 1.82) is 0 Å². The van der Waals surface area contributed by atoms with Crippen molar-refractivity contribution in [2.75, 3.05) is 0 Å². The molecule has 1 heteroatoms. The van der Waals surface area contributed by atoms with Gasteiger partial charge in [0.2, 0.25) is 0 Å². The summed E-state index contributed by atoms with van der Waals surface area (Å²) in [5, 5.41) is 0. The van der Waals surface area contributed by atoms with Crippen molar-refractivity contribution in [2.24, 2.45) is 5.92 Å². The molecule has 1 aromatic carbocycles. The molecule has 0 aromatic heterocycles. The van der Waals surface area contributed by atoms with E-state index in [1.165, 1.54) is 11.1 Å². The van der Waals surface area contributed by atoms with Crippen molar-refractivity contribution in [3.63, 3.8) is 0 Å². The molecule has 0 saturated heterocycles. The Morgan fingerprint density at radius 3 is 2.12 bits per heavy atom. The number of aryl methyl sites for hydroxylation is 1. The molecule has 1 aromatic rings. The van der Waals surface area contributed by atoms with Crippen LogP contribution in [-0.4, -0.2) is 6.29 Å². The number of hydrogen-bond donors (Lipinski definition) is 0. The second-order valence-corrected chi connectivity index (χ2v) is 4.50. The van der Waals surface area contributed by atoms with Gasteiger partial charge in [0.05, 0.1) is 0 Å². The van der Waals surface area contributed by atoms with Gasteiger partial charge in [-0.2, -0.15) is 0 Å². The van der Waals surface area contributed by atoms with Gasteiger partial charge < -0.3 is 4.79 Å². The first-order valence-corrected chi connectivity index (χ1v) is 6.23. The number of benzene rings is 1. The fourth-order valence-electron chi connectivity index (χ4n) is 2.38. The fourth-order valence-corrected chi connectivity index (χ4v) is 2.38. The van der Waals surface area contributed by atoms with Crippen LogP contribution in [0.2, 0.25) is 0 Å². The number of carbonyl (C=O) groups excluding carboxylic acids is 1. The van der Waals surface area contributed by atoms with Crippen LogP contribution in [-0.2, 0) is 4.79 Å². The Balaban J connectivity index is 2.91. The van der Waals surface area contributed by atoms with E-state index in [2.05, 4.69) is 45.0 Å². The topological polar surface area (TPSA) is 17.1 Å². The predicted molar refractivity (Wildman–Crippen MR) is 68.7 cm³/mol. The zero-order valence-electron chi connectivity index (χ0n) is 10.6. The molecule has 0 fully saturated rings. The van der Waals surface area contributed by atoms with Crippen LogP contribution in [0.5, 0.6) is 0 Å². The highest BCUT2D eigenvalue weighted by atomic mass is 16.1. The van der Waals surface area contributed by atoms with Crippen LogP contribution in [0.4, 0.5) is 0 Å². The molecule has 0 N–H and O–H groups in total. The van der Waals surface area contributed by atoms with Gasteiger partial charge in [0.25, 0.3) is 0 Å². The lowest BCUT2D eigenvalue weighted by molar-refractivity contribution is -0.108. The first-order chi connectivity index (χ1) is 7.72. The summed E-state index contributed by atoms with van der Waals surface area (Å²) in [6.07, 6.45) is 3.99. The van der Waals surface area contributed by atoms with E-state index in [1.54, 1.807) is 0 Å². The van der Waals surface area contributed by atoms with Crippen molar-refractivity contribution < 1.29 is 4.79 Å². The lowest BCUT2D eigenvalue weighted by Crippen LogP contribution is -2.12. The smallest absolute Gasteiger partial charge is 0.120 e. The van der Waals surface area contributed by atoms with E-state index in [9.17, 15) is 4.79 Å². The van der Waals surface area contributed by atoms with Crippen LogP contribution in [0.1, 0.15) is 50.2 Å². The predicted octanol–water partition coefficient (Wildman–Crippen LogP) is 4.10. The standard InChI is InChI=1S/C15H22O/c1-4-13(5-2)15(10-11-16)14-8-6-12(3)7-9-14/h6-9,11,13,15H,4-5,10H2,1-3H3/t15-/m1/s1. The summed E-state index contributed by atoms with van der Waals surface area (Å²) in [5.74, 6) is 1.01. The van der Waals surface area contributed by atoms with Gasteiger partial charge in [-0.25, -0.2) is 0 Å². The summed E-state index contributed by atoms with van der Waals surface area (Å²) in [7, 11) is 0. The van der Waals surface area contributed by atoms with E-state index in [1.807, 2.05) is 0 Å². The molecule has 0 spiro atoms. The van der Waals surface area contributed by atoms with Gasteiger partial charge in [-0.15, -0.1) is 0 Å². The third kappa shape index (κ3) is 3.19. The molecule has 0 unspecified atom stereocenters. The van der Waals surface area contributed by atoms with Crippen LogP contribution in [0.25, 0.3) is 0 Å². The van der Waals surface area contributed by atoms with E-state index in [4.69, 9.17) is 0 Å². The molecule has 0 aliphatic heterocycles. The second-order valence-electron chi connectivity index (χ2n) is 4.50. The quantitative estimate of drug-likeness (QED) is 0.657. The summed E-state index contributed by atoms with van der Waals surface area (Å²) in [5.41, 5.74) is 2.59. The molecular weight excluding hydrogens is 196 g/mol. The number of hydrogen-bond acceptors (Lipinski definition) is 1. The molecule has 1 nitrogen and oxygen atoms in total. The molecule has 0 radical (unpaired) electrons. The Hall–Kier alpha value is -1.11. The third-order valence-corrected chi connectivity index (χ3v) is 3.47. The molecule has 0 heterocycles. The average Bonchev–Trinajstić information content (AvgIpc) is 2.31. The van der Waals surface area contributed by atoms with E-state index in [0.29, 0.717) is 18.3 Å². The normalized spacial score (nSPS) is 12.8. The van der Waals surface area contributed by atoms with Crippen LogP contribution in [0.15, 0.2) is 24.3 Å². The number of rotatable bonds is 6. The summed E-state index contributed by atoms with van der Waals surface area (Å²) in [4.78, 5) is 10.8. The second kappa shape index (κ2) is 6.47. The van der Waals surface area contributed by atoms with Crippen molar-refractivity contribution in [3.8, 4) is 0 Å². The highest BCUT2D eigenvalue weighted by Crippen LogP contribution is 2.31. The maximum Gasteiger partial charge on any atom is 0.120 e. The van der Waals surface area contributed by atoms with Crippen molar-refractivity contribution in [3.05, 3.63) is 35.4 Å². The van der Waals surface area contributed by atoms with Gasteiger partial charge >= 0.3 is 0 Å². The monoisotopic (exact) mass is 218 g/mol. The maximum atomic E-state index is 10.8. The SMILES string of the molecule is CCC(CC)[C@@H](CC=O)c1ccc(C)cc1. The first-order valence-electron chi connectivity index (χ1n) is 6.23. The Bertz CT molecular complexity index is 309. The molecule has 1 rings (SSSR count). The van der Waals surface area contributed by atoms with Gasteiger partial charge in [0.15, 0.2) is 0 Å². The van der Waals surface area contributed by atoms with Gasteiger partial charge in [0, 0.05) is 6.42 Å². The van der Waals surface area contributed by atoms with E-state index in [-0.39, 0.29) is 0 Å². The van der Waals surface area contributed by atoms with Crippen molar-refractivity contribution in [2.45, 2.75) is 46.0 Å². The summed E-state index contributed by atoms with van der Waals surface area (Å²) in [6.45, 7) is 6.51. The highest BCUT2D eigenvalue weighted by molar-refractivity contribution is 5.52. The van der Waals surface area contributed by atoms with E-state index in [0.717, 1.165) is 19.1 Å². The average molecular weight is 218 g/mol. The Labute approximate surface area is 98.9 Å². The molecule has 0 amide bonds. The van der Waals surface area contributed by atoms with Crippen LogP contribution in [0, 0.1) is 12.8 Å². The largest absolute Gasteiger partial charge is 0.303 e. The van der Waals surface area contributed by atoms with Crippen molar-refractivity contribution in [1.82, 2.24) is 0 Å². The van der Waals surface area contributed by atoms with E-state index < -0.39 is 0 Å². The molecule has 0 saturated carbocycles. The molecule has 0 aliphatic rings. The number of carbonyl (C=O) groups is 1. The van der Waals surface area contributed by atoms with Crippen LogP contribution >= 0.6 is 0 Å². The van der Waals surface area contributed by atoms with Crippen molar-refractivity contribution >= 4 is 6.29 Å². The Kier molecular flexibility index (Phi) is 5.24. The lowest BCUT2D eigenvalue weighted by Gasteiger charge is -2.24. The number of aldehydes is 1. The Morgan fingerprint density at radius 1 is 1.12 bits per heavy atom. The minimum atomic E-state index is 0.396. The summed E-state index contributed by atoms with van der Waals surface area (Å²) < 4.78 is 0. The zero-order chi connectivity index (χ0) is 12.0. The molecular formula is C15H22O. The summed E-state index contributed by atoms with van der Waals surface area (Å²) >= 11 is 0. The highest BCUT2D eigenvalue weighted by Gasteiger charge is 2.19. The summed E-state index contributed by atoms with van der Waals surface area (Å²) in [6, 6.07) is 8.61. The molecule has 16 heavy (non-hydrogen) atoms. The lowest BCUT2D eigenvalue weighted by atomic mass is 9.81. The van der Waals surface area contributed by atoms with E-state index >= 15 is 0 Å². The van der Waals surface area contributed by atoms with Gasteiger partial charge in [-0.3, -0.25) is 0 Å². The fraction of sp³-hybridized carbons (Fsp3) is 0.533. The molecule has 0 bridgehead atoms. The van der Waals surface area contributed by atoms with Gasteiger partial charge in [-0.05, 0) is 24.3 Å². The van der Waals surface area contributed by atoms with Crippen LogP contribution < -0.4 is 0 Å².